The molecule has 3 rings (SSSR count). The Bertz CT molecular complexity index is 1080. The average Bonchev–Trinajstić information content (AvgIpc) is 2.94. The summed E-state index contributed by atoms with van der Waals surface area (Å²) in [5.74, 6) is -1.81. The van der Waals surface area contributed by atoms with Gasteiger partial charge in [0.1, 0.15) is 0 Å². The number of fused-ring (bicyclic) bond motifs is 1. The Morgan fingerprint density at radius 2 is 1.77 bits per heavy atom. The zero-order chi connectivity index (χ0) is 22.0. The van der Waals surface area contributed by atoms with Crippen molar-refractivity contribution < 1.29 is 19.2 Å². The van der Waals surface area contributed by atoms with E-state index in [0.29, 0.717) is 15.7 Å². The molecule has 1 heterocycles. The van der Waals surface area contributed by atoms with Crippen LogP contribution in [-0.2, 0) is 4.79 Å². The van der Waals surface area contributed by atoms with Gasteiger partial charge in [-0.25, -0.2) is 0 Å². The molecule has 2 aromatic carbocycles. The maximum absolute atomic E-state index is 12.7. The third-order valence-corrected chi connectivity index (χ3v) is 5.20. The molecule has 0 saturated carbocycles. The van der Waals surface area contributed by atoms with E-state index in [1.165, 1.54) is 42.3 Å². The highest BCUT2D eigenvalue weighted by Gasteiger charge is 2.35. The molecule has 0 aromatic heterocycles. The Hall–Kier alpha value is -3.16. The fraction of sp³-hybridized carbons (Fsp3) is 0.143. The second kappa shape index (κ2) is 8.69. The number of likely N-dealkylation sites (N-methyl/N-ethyl adjacent to an activating group) is 1. The van der Waals surface area contributed by atoms with Crippen molar-refractivity contribution >= 4 is 52.5 Å². The summed E-state index contributed by atoms with van der Waals surface area (Å²) in [5.41, 5.74) is 1.03. The molecule has 1 N–H and O–H groups in total. The van der Waals surface area contributed by atoms with Gasteiger partial charge in [0.2, 0.25) is 5.91 Å². The Kier molecular flexibility index (Phi) is 6.24. The number of carbonyl (C=O) groups excluding carboxylic acids is 4. The van der Waals surface area contributed by atoms with Gasteiger partial charge < -0.3 is 10.2 Å². The molecule has 9 heteroatoms. The van der Waals surface area contributed by atoms with Gasteiger partial charge in [0.15, 0.2) is 0 Å². The molecule has 0 radical (unpaired) electrons. The number of carbonyl (C=O) groups is 4. The van der Waals surface area contributed by atoms with Crippen molar-refractivity contribution in [3.8, 4) is 0 Å². The lowest BCUT2D eigenvalue weighted by Crippen LogP contribution is -2.35. The summed E-state index contributed by atoms with van der Waals surface area (Å²) in [6, 6.07) is 8.90. The summed E-state index contributed by atoms with van der Waals surface area (Å²) < 4.78 is 0. The molecule has 0 bridgehead atoms. The first-order chi connectivity index (χ1) is 14.2. The number of benzene rings is 2. The van der Waals surface area contributed by atoms with Crippen LogP contribution in [0.3, 0.4) is 0 Å². The molecule has 1 aliphatic heterocycles. The number of halogens is 2. The summed E-state index contributed by atoms with van der Waals surface area (Å²) in [6.45, 7) is 3.39. The van der Waals surface area contributed by atoms with E-state index < -0.39 is 23.6 Å². The zero-order valence-electron chi connectivity index (χ0n) is 15.9. The van der Waals surface area contributed by atoms with Crippen LogP contribution in [0.2, 0.25) is 10.0 Å². The topological polar surface area (TPSA) is 86.8 Å². The smallest absolute Gasteiger partial charge is 0.261 e. The van der Waals surface area contributed by atoms with Crippen LogP contribution in [0.5, 0.6) is 0 Å². The van der Waals surface area contributed by atoms with Crippen molar-refractivity contribution in [2.24, 2.45) is 0 Å². The number of rotatable bonds is 6. The third kappa shape index (κ3) is 4.22. The highest BCUT2D eigenvalue weighted by atomic mass is 35.5. The monoisotopic (exact) mass is 445 g/mol. The second-order valence-electron chi connectivity index (χ2n) is 6.61. The number of nitrogens with one attached hydrogen (secondary N) is 1. The summed E-state index contributed by atoms with van der Waals surface area (Å²) in [4.78, 5) is 51.9. The van der Waals surface area contributed by atoms with Crippen LogP contribution in [0, 0.1) is 0 Å². The van der Waals surface area contributed by atoms with Gasteiger partial charge in [-0.15, -0.1) is 6.58 Å². The van der Waals surface area contributed by atoms with Crippen molar-refractivity contribution in [1.82, 2.24) is 9.80 Å². The quantitative estimate of drug-likeness (QED) is 0.544. The van der Waals surface area contributed by atoms with Crippen molar-refractivity contribution in [3.05, 3.63) is 75.8 Å². The molecule has 0 spiro atoms. The van der Waals surface area contributed by atoms with Crippen LogP contribution >= 0.6 is 23.2 Å². The third-order valence-electron chi connectivity index (χ3n) is 4.46. The second-order valence-corrected chi connectivity index (χ2v) is 7.42. The lowest BCUT2D eigenvalue weighted by Gasteiger charge is -2.17. The number of hydrogen-bond acceptors (Lipinski definition) is 4. The van der Waals surface area contributed by atoms with E-state index in [9.17, 15) is 19.2 Å². The fourth-order valence-corrected chi connectivity index (χ4v) is 3.30. The molecule has 0 fully saturated rings. The maximum Gasteiger partial charge on any atom is 0.261 e. The maximum atomic E-state index is 12.7. The van der Waals surface area contributed by atoms with E-state index in [0.717, 1.165) is 4.90 Å². The van der Waals surface area contributed by atoms with Crippen LogP contribution in [0.15, 0.2) is 49.1 Å². The number of nitrogens with zero attached hydrogens (tertiary/aromatic N) is 2. The number of imide groups is 1. The normalized spacial score (nSPS) is 12.6. The Morgan fingerprint density at radius 3 is 2.43 bits per heavy atom. The molecule has 0 saturated heterocycles. The Morgan fingerprint density at radius 1 is 1.07 bits per heavy atom. The lowest BCUT2D eigenvalue weighted by atomic mass is 10.0. The van der Waals surface area contributed by atoms with Gasteiger partial charge in [-0.05, 0) is 36.4 Å². The van der Waals surface area contributed by atoms with Crippen LogP contribution in [0.4, 0.5) is 5.69 Å². The van der Waals surface area contributed by atoms with E-state index in [4.69, 9.17) is 23.2 Å². The van der Waals surface area contributed by atoms with Crippen LogP contribution < -0.4 is 5.32 Å². The lowest BCUT2D eigenvalue weighted by molar-refractivity contribution is -0.116. The van der Waals surface area contributed by atoms with Gasteiger partial charge in [0, 0.05) is 24.8 Å². The van der Waals surface area contributed by atoms with E-state index in [1.54, 1.807) is 12.1 Å². The van der Waals surface area contributed by atoms with Gasteiger partial charge in [-0.2, -0.15) is 0 Å². The molecule has 0 unspecified atom stereocenters. The first-order valence-electron chi connectivity index (χ1n) is 8.84. The minimum Gasteiger partial charge on any atom is -0.332 e. The first-order valence-corrected chi connectivity index (χ1v) is 9.60. The van der Waals surface area contributed by atoms with Crippen molar-refractivity contribution in [2.45, 2.75) is 0 Å². The predicted octanol–water partition coefficient (Wildman–Crippen LogP) is 3.49. The van der Waals surface area contributed by atoms with Crippen LogP contribution in [0.25, 0.3) is 0 Å². The summed E-state index contributed by atoms with van der Waals surface area (Å²) in [6.07, 6.45) is 1.45. The van der Waals surface area contributed by atoms with Crippen LogP contribution in [-0.4, -0.2) is 53.6 Å². The summed E-state index contributed by atoms with van der Waals surface area (Å²) >= 11 is 11.8. The predicted molar refractivity (Wildman–Crippen MR) is 114 cm³/mol. The first kappa shape index (κ1) is 21.5. The molecule has 1 aliphatic rings. The van der Waals surface area contributed by atoms with Gasteiger partial charge >= 0.3 is 0 Å². The van der Waals surface area contributed by atoms with Crippen molar-refractivity contribution in [2.75, 3.05) is 25.5 Å². The van der Waals surface area contributed by atoms with Crippen molar-refractivity contribution in [1.29, 1.82) is 0 Å². The summed E-state index contributed by atoms with van der Waals surface area (Å²) in [5, 5.41) is 3.28. The highest BCUT2D eigenvalue weighted by molar-refractivity contribution is 6.42. The molecular formula is C21H17Cl2N3O4. The van der Waals surface area contributed by atoms with Gasteiger partial charge in [0.25, 0.3) is 17.7 Å². The SMILES string of the molecule is C=CCN1C(=O)c2ccc(C(=O)N(C)CC(=O)Nc3ccc(Cl)c(Cl)c3)cc2C1=O. The number of amides is 4. The largest absolute Gasteiger partial charge is 0.332 e. The van der Waals surface area contributed by atoms with Gasteiger partial charge in [0.05, 0.1) is 27.7 Å². The van der Waals surface area contributed by atoms with E-state index in [-0.39, 0.29) is 29.8 Å². The molecule has 0 atom stereocenters. The van der Waals surface area contributed by atoms with Crippen molar-refractivity contribution in [3.63, 3.8) is 0 Å². The molecular weight excluding hydrogens is 429 g/mol. The molecule has 30 heavy (non-hydrogen) atoms. The Labute approximate surface area is 182 Å². The molecule has 7 nitrogen and oxygen atoms in total. The minimum absolute atomic E-state index is 0.0877. The fourth-order valence-electron chi connectivity index (χ4n) is 3.00. The molecule has 2 aromatic rings. The number of anilines is 1. The van der Waals surface area contributed by atoms with Gasteiger partial charge in [-0.3, -0.25) is 24.1 Å². The number of hydrogen-bond donors (Lipinski definition) is 1. The summed E-state index contributed by atoms with van der Waals surface area (Å²) in [7, 11) is 1.46. The standard InChI is InChI=1S/C21H17Cl2N3O4/c1-3-8-26-20(29)14-6-4-12(9-15(14)21(26)30)19(28)25(2)11-18(27)24-13-5-7-16(22)17(23)10-13/h3-7,9-10H,1,8,11H2,2H3,(H,24,27). The molecule has 0 aliphatic carbocycles. The average molecular weight is 446 g/mol. The van der Waals surface area contributed by atoms with Gasteiger partial charge in [-0.1, -0.05) is 29.3 Å². The van der Waals surface area contributed by atoms with Crippen LogP contribution in [0.1, 0.15) is 31.1 Å². The van der Waals surface area contributed by atoms with E-state index in [2.05, 4.69) is 11.9 Å². The minimum atomic E-state index is -0.482. The molecule has 4 amide bonds. The zero-order valence-corrected chi connectivity index (χ0v) is 17.5. The highest BCUT2D eigenvalue weighted by Crippen LogP contribution is 2.26. The molecule has 154 valence electrons. The van der Waals surface area contributed by atoms with E-state index >= 15 is 0 Å². The van der Waals surface area contributed by atoms with E-state index in [1.807, 2.05) is 0 Å². The Balaban J connectivity index is 1.70.